The van der Waals surface area contributed by atoms with Gasteiger partial charge in [0, 0.05) is 17.0 Å². The van der Waals surface area contributed by atoms with E-state index in [9.17, 15) is 4.39 Å². The topological polar surface area (TPSA) is 26.0 Å². The van der Waals surface area contributed by atoms with E-state index in [-0.39, 0.29) is 11.9 Å². The van der Waals surface area contributed by atoms with Crippen LogP contribution in [-0.4, -0.2) is 17.0 Å². The van der Waals surface area contributed by atoms with Gasteiger partial charge in [-0.2, -0.15) is 11.8 Å². The number of benzene rings is 1. The van der Waals surface area contributed by atoms with Crippen LogP contribution in [0, 0.1) is 12.7 Å². The Bertz CT molecular complexity index is 388. The van der Waals surface area contributed by atoms with Gasteiger partial charge in [-0.1, -0.05) is 18.9 Å². The summed E-state index contributed by atoms with van der Waals surface area (Å²) in [6.07, 6.45) is 6.21. The number of thioether (sulfide) groups is 1. The van der Waals surface area contributed by atoms with E-state index in [1.54, 1.807) is 6.07 Å². The van der Waals surface area contributed by atoms with Crippen molar-refractivity contribution in [2.24, 2.45) is 5.73 Å². The van der Waals surface area contributed by atoms with Gasteiger partial charge >= 0.3 is 0 Å². The fourth-order valence-corrected chi connectivity index (χ4v) is 3.82. The quantitative estimate of drug-likeness (QED) is 0.880. The molecule has 0 aliphatic heterocycles. The predicted octanol–water partition coefficient (Wildman–Crippen LogP) is 3.68. The number of hydrogen-bond donors (Lipinski definition) is 1. The first-order valence-corrected chi connectivity index (χ1v) is 7.82. The molecule has 1 atom stereocenters. The minimum Gasteiger partial charge on any atom is -0.327 e. The van der Waals surface area contributed by atoms with Crippen molar-refractivity contribution >= 4 is 11.8 Å². The van der Waals surface area contributed by atoms with Gasteiger partial charge in [0.05, 0.1) is 0 Å². The van der Waals surface area contributed by atoms with Crippen molar-refractivity contribution < 1.29 is 4.39 Å². The average Bonchev–Trinajstić information content (AvgIpc) is 2.84. The van der Waals surface area contributed by atoms with Crippen molar-refractivity contribution in [2.45, 2.75) is 50.3 Å². The van der Waals surface area contributed by atoms with E-state index in [1.165, 1.54) is 31.7 Å². The van der Waals surface area contributed by atoms with Crippen molar-refractivity contribution in [2.75, 3.05) is 5.75 Å². The van der Waals surface area contributed by atoms with Gasteiger partial charge in [-0.15, -0.1) is 0 Å². The largest absolute Gasteiger partial charge is 0.327 e. The smallest absolute Gasteiger partial charge is 0.123 e. The normalized spacial score (nSPS) is 18.2. The maximum Gasteiger partial charge on any atom is 0.123 e. The minimum absolute atomic E-state index is 0.135. The van der Waals surface area contributed by atoms with E-state index >= 15 is 0 Å². The molecule has 1 aromatic carbocycles. The van der Waals surface area contributed by atoms with Crippen LogP contribution in [0.2, 0.25) is 0 Å². The molecular formula is C15H22FNS. The molecule has 0 heterocycles. The fraction of sp³-hybridized carbons (Fsp3) is 0.600. The molecule has 0 aromatic heterocycles. The Morgan fingerprint density at radius 1 is 1.39 bits per heavy atom. The highest BCUT2D eigenvalue weighted by Gasteiger charge is 2.17. The summed E-state index contributed by atoms with van der Waals surface area (Å²) in [5, 5.41) is 0.810. The molecule has 100 valence electrons. The molecule has 1 nitrogen and oxygen atoms in total. The summed E-state index contributed by atoms with van der Waals surface area (Å²) in [6, 6.07) is 5.10. The molecule has 1 saturated carbocycles. The van der Waals surface area contributed by atoms with E-state index in [4.69, 9.17) is 5.73 Å². The lowest BCUT2D eigenvalue weighted by atomic mass is 10.0. The molecule has 3 heteroatoms. The van der Waals surface area contributed by atoms with Crippen LogP contribution in [0.1, 0.15) is 36.8 Å². The van der Waals surface area contributed by atoms with Crippen LogP contribution in [0.4, 0.5) is 4.39 Å². The van der Waals surface area contributed by atoms with Crippen molar-refractivity contribution in [1.82, 2.24) is 0 Å². The fourth-order valence-electron chi connectivity index (χ4n) is 2.52. The first-order chi connectivity index (χ1) is 8.65. The molecule has 0 radical (unpaired) electrons. The lowest BCUT2D eigenvalue weighted by Gasteiger charge is -2.16. The average molecular weight is 267 g/mol. The summed E-state index contributed by atoms with van der Waals surface area (Å²) in [6.45, 7) is 2.02. The Morgan fingerprint density at radius 3 is 2.83 bits per heavy atom. The van der Waals surface area contributed by atoms with Crippen LogP contribution in [0.25, 0.3) is 0 Å². The number of nitrogens with two attached hydrogens (primary N) is 1. The molecule has 1 aliphatic carbocycles. The van der Waals surface area contributed by atoms with Crippen molar-refractivity contribution in [3.63, 3.8) is 0 Å². The van der Waals surface area contributed by atoms with Gasteiger partial charge in [-0.05, 0) is 49.4 Å². The summed E-state index contributed by atoms with van der Waals surface area (Å²) in [5.74, 6) is 0.826. The second kappa shape index (κ2) is 6.58. The lowest BCUT2D eigenvalue weighted by Crippen LogP contribution is -2.27. The number of hydrogen-bond acceptors (Lipinski definition) is 2. The van der Waals surface area contributed by atoms with Crippen molar-refractivity contribution in [1.29, 1.82) is 0 Å². The van der Waals surface area contributed by atoms with Gasteiger partial charge in [-0.25, -0.2) is 4.39 Å². The Hall–Kier alpha value is -0.540. The first-order valence-electron chi connectivity index (χ1n) is 6.77. The van der Waals surface area contributed by atoms with E-state index in [1.807, 2.05) is 24.8 Å². The zero-order chi connectivity index (χ0) is 13.0. The molecule has 1 aromatic rings. The minimum atomic E-state index is -0.161. The third-order valence-electron chi connectivity index (χ3n) is 3.64. The van der Waals surface area contributed by atoms with Gasteiger partial charge in [0.1, 0.15) is 5.82 Å². The Kier molecular flexibility index (Phi) is 5.07. The maximum atomic E-state index is 13.2. The SMILES string of the molecule is Cc1ccc(F)cc1CC(N)CSC1CCCC1. The molecule has 1 fully saturated rings. The van der Waals surface area contributed by atoms with E-state index < -0.39 is 0 Å². The predicted molar refractivity (Wildman–Crippen MR) is 77.5 cm³/mol. The molecule has 2 rings (SSSR count). The Labute approximate surface area is 113 Å². The van der Waals surface area contributed by atoms with Crippen LogP contribution < -0.4 is 5.73 Å². The van der Waals surface area contributed by atoms with Crippen molar-refractivity contribution in [3.8, 4) is 0 Å². The summed E-state index contributed by atoms with van der Waals surface area (Å²) in [4.78, 5) is 0. The summed E-state index contributed by atoms with van der Waals surface area (Å²) in [5.41, 5.74) is 8.35. The van der Waals surface area contributed by atoms with E-state index in [0.29, 0.717) is 0 Å². The molecule has 1 aliphatic rings. The third kappa shape index (κ3) is 3.99. The summed E-state index contributed by atoms with van der Waals surface area (Å²) < 4.78 is 13.2. The van der Waals surface area contributed by atoms with Crippen LogP contribution >= 0.6 is 11.8 Å². The van der Waals surface area contributed by atoms with Gasteiger partial charge in [0.15, 0.2) is 0 Å². The molecular weight excluding hydrogens is 245 g/mol. The Morgan fingerprint density at radius 2 is 2.11 bits per heavy atom. The highest BCUT2D eigenvalue weighted by atomic mass is 32.2. The second-order valence-corrected chi connectivity index (χ2v) is 6.61. The van der Waals surface area contributed by atoms with Crippen LogP contribution in [0.15, 0.2) is 18.2 Å². The molecule has 18 heavy (non-hydrogen) atoms. The lowest BCUT2D eigenvalue weighted by molar-refractivity contribution is 0.622. The Balaban J connectivity index is 1.82. The monoisotopic (exact) mass is 267 g/mol. The van der Waals surface area contributed by atoms with Gasteiger partial charge in [0.25, 0.3) is 0 Å². The van der Waals surface area contributed by atoms with Gasteiger partial charge in [0.2, 0.25) is 0 Å². The zero-order valence-corrected chi connectivity index (χ0v) is 11.8. The highest BCUT2D eigenvalue weighted by Crippen LogP contribution is 2.29. The first kappa shape index (κ1) is 13.9. The van der Waals surface area contributed by atoms with Crippen LogP contribution in [-0.2, 0) is 6.42 Å². The van der Waals surface area contributed by atoms with Crippen molar-refractivity contribution in [3.05, 3.63) is 35.1 Å². The van der Waals surface area contributed by atoms with Gasteiger partial charge in [-0.3, -0.25) is 0 Å². The third-order valence-corrected chi connectivity index (χ3v) is 5.20. The maximum absolute atomic E-state index is 13.2. The molecule has 0 bridgehead atoms. The number of rotatable bonds is 5. The standard InChI is InChI=1S/C15H22FNS/c1-11-6-7-13(16)8-12(11)9-14(17)10-18-15-4-2-3-5-15/h6-8,14-15H,2-5,9-10,17H2,1H3. The summed E-state index contributed by atoms with van der Waals surface area (Å²) >= 11 is 2.00. The van der Waals surface area contributed by atoms with Crippen LogP contribution in [0.5, 0.6) is 0 Å². The summed E-state index contributed by atoms with van der Waals surface area (Å²) in [7, 11) is 0. The number of aryl methyl sites for hydroxylation is 1. The molecule has 0 saturated heterocycles. The number of halogens is 1. The zero-order valence-electron chi connectivity index (χ0n) is 11.0. The molecule has 1 unspecified atom stereocenters. The molecule has 2 N–H and O–H groups in total. The highest BCUT2D eigenvalue weighted by molar-refractivity contribution is 7.99. The van der Waals surface area contributed by atoms with E-state index in [2.05, 4.69) is 0 Å². The van der Waals surface area contributed by atoms with Gasteiger partial charge < -0.3 is 5.73 Å². The molecule has 0 amide bonds. The molecule has 0 spiro atoms. The second-order valence-electron chi connectivity index (χ2n) is 5.27. The van der Waals surface area contributed by atoms with E-state index in [0.717, 1.165) is 28.6 Å². The van der Waals surface area contributed by atoms with Crippen LogP contribution in [0.3, 0.4) is 0 Å².